The number of hydrogen-bond acceptors (Lipinski definition) is 1. The van der Waals surface area contributed by atoms with Crippen LogP contribution in [0.2, 0.25) is 0 Å². The number of carbonyl (C=O) groups excluding carboxylic acids is 1. The normalized spacial score (nSPS) is 10.5. The van der Waals surface area contributed by atoms with Gasteiger partial charge in [-0.3, -0.25) is 4.79 Å². The third-order valence-electron chi connectivity index (χ3n) is 2.32. The van der Waals surface area contributed by atoms with E-state index in [0.717, 1.165) is 5.69 Å². The molecule has 3 heteroatoms. The Kier molecular flexibility index (Phi) is 3.86. The zero-order valence-corrected chi connectivity index (χ0v) is 9.64. The molecular formula is C15H12FNO. The largest absolute Gasteiger partial charge is 0.323 e. The standard InChI is InChI=1S/C15H12FNO/c16-13-6-4-5-12(11-13)9-10-15(18)17-14-7-2-1-3-8-14/h1-11H,(H,17,18)/b10-9+. The Morgan fingerprint density at radius 1 is 1.06 bits per heavy atom. The van der Waals surface area contributed by atoms with Gasteiger partial charge >= 0.3 is 0 Å². The van der Waals surface area contributed by atoms with Crippen LogP contribution in [-0.2, 0) is 4.79 Å². The van der Waals surface area contributed by atoms with Crippen molar-refractivity contribution in [2.24, 2.45) is 0 Å². The molecule has 0 aliphatic carbocycles. The lowest BCUT2D eigenvalue weighted by Gasteiger charge is -2.00. The van der Waals surface area contributed by atoms with Crippen molar-refractivity contribution in [1.29, 1.82) is 0 Å². The molecule has 0 fully saturated rings. The minimum Gasteiger partial charge on any atom is -0.323 e. The van der Waals surface area contributed by atoms with E-state index in [1.807, 2.05) is 18.2 Å². The first kappa shape index (κ1) is 12.0. The predicted molar refractivity (Wildman–Crippen MR) is 70.5 cm³/mol. The highest BCUT2D eigenvalue weighted by molar-refractivity contribution is 6.01. The van der Waals surface area contributed by atoms with Crippen molar-refractivity contribution in [3.63, 3.8) is 0 Å². The summed E-state index contributed by atoms with van der Waals surface area (Å²) in [5.74, 6) is -0.564. The van der Waals surface area contributed by atoms with E-state index in [2.05, 4.69) is 5.32 Å². The van der Waals surface area contributed by atoms with Gasteiger partial charge in [-0.2, -0.15) is 0 Å². The van der Waals surface area contributed by atoms with Gasteiger partial charge < -0.3 is 5.32 Å². The molecule has 0 aliphatic heterocycles. The Labute approximate surface area is 105 Å². The Hall–Kier alpha value is -2.42. The Balaban J connectivity index is 1.99. The molecule has 0 heterocycles. The molecule has 0 saturated heterocycles. The Bertz CT molecular complexity index is 564. The van der Waals surface area contributed by atoms with Gasteiger partial charge in [0.15, 0.2) is 0 Å². The van der Waals surface area contributed by atoms with Crippen molar-refractivity contribution in [2.75, 3.05) is 5.32 Å². The quantitative estimate of drug-likeness (QED) is 0.819. The third kappa shape index (κ3) is 3.56. The van der Waals surface area contributed by atoms with Gasteiger partial charge in [0, 0.05) is 11.8 Å². The SMILES string of the molecule is O=C(/C=C/c1cccc(F)c1)Nc1ccccc1. The molecule has 0 atom stereocenters. The monoisotopic (exact) mass is 241 g/mol. The molecule has 2 aromatic rings. The van der Waals surface area contributed by atoms with Gasteiger partial charge in [0.25, 0.3) is 0 Å². The first-order chi connectivity index (χ1) is 8.74. The lowest BCUT2D eigenvalue weighted by Crippen LogP contribution is -2.07. The van der Waals surface area contributed by atoms with Gasteiger partial charge in [-0.05, 0) is 35.9 Å². The summed E-state index contributed by atoms with van der Waals surface area (Å²) in [6, 6.07) is 15.2. The number of carbonyl (C=O) groups is 1. The Morgan fingerprint density at radius 2 is 1.83 bits per heavy atom. The molecule has 2 rings (SSSR count). The summed E-state index contributed by atoms with van der Waals surface area (Å²) in [6.45, 7) is 0. The van der Waals surface area contributed by atoms with E-state index in [1.54, 1.807) is 30.3 Å². The van der Waals surface area contributed by atoms with Crippen LogP contribution < -0.4 is 5.32 Å². The predicted octanol–water partition coefficient (Wildman–Crippen LogP) is 3.48. The van der Waals surface area contributed by atoms with Crippen molar-refractivity contribution >= 4 is 17.7 Å². The number of halogens is 1. The molecule has 0 aromatic heterocycles. The minimum absolute atomic E-state index is 0.245. The summed E-state index contributed by atoms with van der Waals surface area (Å²) in [5, 5.41) is 2.71. The van der Waals surface area contributed by atoms with Gasteiger partial charge in [0.2, 0.25) is 5.91 Å². The van der Waals surface area contributed by atoms with Crippen molar-refractivity contribution in [1.82, 2.24) is 0 Å². The summed E-state index contributed by atoms with van der Waals surface area (Å²) < 4.78 is 12.9. The molecule has 18 heavy (non-hydrogen) atoms. The third-order valence-corrected chi connectivity index (χ3v) is 2.32. The molecule has 1 N–H and O–H groups in total. The van der Waals surface area contributed by atoms with E-state index in [4.69, 9.17) is 0 Å². The molecule has 2 nitrogen and oxygen atoms in total. The van der Waals surface area contributed by atoms with Crippen LogP contribution in [0.5, 0.6) is 0 Å². The highest BCUT2D eigenvalue weighted by Gasteiger charge is 1.96. The van der Waals surface area contributed by atoms with E-state index in [1.165, 1.54) is 18.2 Å². The number of anilines is 1. The molecular weight excluding hydrogens is 229 g/mol. The maximum atomic E-state index is 12.9. The van der Waals surface area contributed by atoms with Gasteiger partial charge in [-0.1, -0.05) is 30.3 Å². The van der Waals surface area contributed by atoms with Gasteiger partial charge in [0.1, 0.15) is 5.82 Å². The maximum Gasteiger partial charge on any atom is 0.248 e. The van der Waals surface area contributed by atoms with Gasteiger partial charge in [0.05, 0.1) is 0 Å². The van der Waals surface area contributed by atoms with Crippen LogP contribution in [0.4, 0.5) is 10.1 Å². The van der Waals surface area contributed by atoms with Crippen LogP contribution in [0.1, 0.15) is 5.56 Å². The molecule has 0 spiro atoms. The molecule has 0 bridgehead atoms. The number of para-hydroxylation sites is 1. The zero-order chi connectivity index (χ0) is 12.8. The van der Waals surface area contributed by atoms with Crippen molar-refractivity contribution < 1.29 is 9.18 Å². The van der Waals surface area contributed by atoms with Crippen LogP contribution in [-0.4, -0.2) is 5.91 Å². The summed E-state index contributed by atoms with van der Waals surface area (Å²) >= 11 is 0. The molecule has 90 valence electrons. The van der Waals surface area contributed by atoms with Crippen LogP contribution in [0.15, 0.2) is 60.7 Å². The number of benzene rings is 2. The van der Waals surface area contributed by atoms with E-state index >= 15 is 0 Å². The van der Waals surface area contributed by atoms with E-state index in [0.29, 0.717) is 5.56 Å². The minimum atomic E-state index is -0.319. The average Bonchev–Trinajstić information content (AvgIpc) is 2.38. The fourth-order valence-electron chi connectivity index (χ4n) is 1.49. The van der Waals surface area contributed by atoms with Crippen molar-refractivity contribution in [3.8, 4) is 0 Å². The molecule has 0 radical (unpaired) electrons. The first-order valence-corrected chi connectivity index (χ1v) is 5.54. The molecule has 0 aliphatic rings. The number of hydrogen-bond donors (Lipinski definition) is 1. The summed E-state index contributed by atoms with van der Waals surface area (Å²) in [6.07, 6.45) is 2.95. The maximum absolute atomic E-state index is 12.9. The topological polar surface area (TPSA) is 29.1 Å². The Morgan fingerprint density at radius 3 is 2.56 bits per heavy atom. The lowest BCUT2D eigenvalue weighted by atomic mass is 10.2. The van der Waals surface area contributed by atoms with E-state index < -0.39 is 0 Å². The fourth-order valence-corrected chi connectivity index (χ4v) is 1.49. The van der Waals surface area contributed by atoms with Crippen LogP contribution >= 0.6 is 0 Å². The lowest BCUT2D eigenvalue weighted by molar-refractivity contribution is -0.111. The van der Waals surface area contributed by atoms with Crippen molar-refractivity contribution in [3.05, 3.63) is 72.1 Å². The van der Waals surface area contributed by atoms with Gasteiger partial charge in [-0.15, -0.1) is 0 Å². The van der Waals surface area contributed by atoms with Crippen LogP contribution in [0, 0.1) is 5.82 Å². The molecule has 2 aromatic carbocycles. The summed E-state index contributed by atoms with van der Waals surface area (Å²) in [7, 11) is 0. The second-order valence-corrected chi connectivity index (χ2v) is 3.74. The molecule has 0 saturated carbocycles. The second kappa shape index (κ2) is 5.77. The van der Waals surface area contributed by atoms with E-state index in [9.17, 15) is 9.18 Å². The summed E-state index contributed by atoms with van der Waals surface area (Å²) in [4.78, 5) is 11.6. The highest BCUT2D eigenvalue weighted by atomic mass is 19.1. The number of nitrogens with one attached hydrogen (secondary N) is 1. The van der Waals surface area contributed by atoms with Crippen molar-refractivity contribution in [2.45, 2.75) is 0 Å². The smallest absolute Gasteiger partial charge is 0.248 e. The number of rotatable bonds is 3. The van der Waals surface area contributed by atoms with Crippen LogP contribution in [0.25, 0.3) is 6.08 Å². The molecule has 1 amide bonds. The zero-order valence-electron chi connectivity index (χ0n) is 9.64. The van der Waals surface area contributed by atoms with Crippen LogP contribution in [0.3, 0.4) is 0 Å². The average molecular weight is 241 g/mol. The highest BCUT2D eigenvalue weighted by Crippen LogP contribution is 2.07. The second-order valence-electron chi connectivity index (χ2n) is 3.74. The van der Waals surface area contributed by atoms with Gasteiger partial charge in [-0.25, -0.2) is 4.39 Å². The number of amides is 1. The van der Waals surface area contributed by atoms with E-state index in [-0.39, 0.29) is 11.7 Å². The summed E-state index contributed by atoms with van der Waals surface area (Å²) in [5.41, 5.74) is 1.38. The molecule has 0 unspecified atom stereocenters. The fraction of sp³-hybridized carbons (Fsp3) is 0. The first-order valence-electron chi connectivity index (χ1n) is 5.54.